The quantitative estimate of drug-likeness (QED) is 0.772. The Hall–Kier alpha value is -2.23. The van der Waals surface area contributed by atoms with Crippen LogP contribution in [0, 0.1) is 11.6 Å². The fraction of sp³-hybridized carbons (Fsp3) is 0.235. The van der Waals surface area contributed by atoms with Crippen LogP contribution in [0.1, 0.15) is 29.8 Å². The summed E-state index contributed by atoms with van der Waals surface area (Å²) in [5.74, 6) is -1.21. The number of benzene rings is 2. The Morgan fingerprint density at radius 2 is 1.71 bits per heavy atom. The van der Waals surface area contributed by atoms with Crippen LogP contribution in [0.3, 0.4) is 0 Å². The van der Waals surface area contributed by atoms with Gasteiger partial charge in [-0.25, -0.2) is 8.78 Å². The van der Waals surface area contributed by atoms with Crippen LogP contribution in [0.5, 0.6) is 5.75 Å². The van der Waals surface area contributed by atoms with Crippen LogP contribution in [0.25, 0.3) is 0 Å². The number of halogens is 2. The summed E-state index contributed by atoms with van der Waals surface area (Å²) in [4.78, 5) is 12.2. The van der Waals surface area contributed by atoms with Gasteiger partial charge in [-0.05, 0) is 38.1 Å². The monoisotopic (exact) mass is 290 g/mol. The van der Waals surface area contributed by atoms with E-state index in [1.165, 1.54) is 6.07 Å². The fourth-order valence-corrected chi connectivity index (χ4v) is 1.98. The van der Waals surface area contributed by atoms with Crippen LogP contribution in [-0.4, -0.2) is 11.9 Å². The molecule has 0 atom stereocenters. The van der Waals surface area contributed by atoms with Crippen LogP contribution >= 0.6 is 0 Å². The molecule has 0 aliphatic heterocycles. The summed E-state index contributed by atoms with van der Waals surface area (Å²) in [7, 11) is 0. The van der Waals surface area contributed by atoms with Crippen molar-refractivity contribution < 1.29 is 18.3 Å². The van der Waals surface area contributed by atoms with Crippen LogP contribution < -0.4 is 4.74 Å². The summed E-state index contributed by atoms with van der Waals surface area (Å²) in [6, 6.07) is 10.2. The van der Waals surface area contributed by atoms with Crippen molar-refractivity contribution in [3.05, 3.63) is 65.2 Å². The van der Waals surface area contributed by atoms with Gasteiger partial charge < -0.3 is 4.74 Å². The zero-order chi connectivity index (χ0) is 15.4. The molecule has 0 N–H and O–H groups in total. The molecule has 0 heterocycles. The topological polar surface area (TPSA) is 26.3 Å². The van der Waals surface area contributed by atoms with E-state index in [9.17, 15) is 13.6 Å². The molecule has 110 valence electrons. The maximum Gasteiger partial charge on any atom is 0.167 e. The normalized spacial score (nSPS) is 10.7. The van der Waals surface area contributed by atoms with Crippen molar-refractivity contribution in [1.82, 2.24) is 0 Å². The van der Waals surface area contributed by atoms with Crippen molar-refractivity contribution in [3.63, 3.8) is 0 Å². The minimum absolute atomic E-state index is 0.0145. The van der Waals surface area contributed by atoms with Gasteiger partial charge in [0.05, 0.1) is 6.10 Å². The third-order valence-electron chi connectivity index (χ3n) is 2.93. The van der Waals surface area contributed by atoms with Crippen LogP contribution in [0.2, 0.25) is 0 Å². The summed E-state index contributed by atoms with van der Waals surface area (Å²) >= 11 is 0. The molecule has 0 aromatic heterocycles. The second kappa shape index (κ2) is 6.48. The van der Waals surface area contributed by atoms with Gasteiger partial charge in [0.2, 0.25) is 0 Å². The predicted octanol–water partition coefficient (Wildman–Crippen LogP) is 4.18. The molecule has 0 saturated carbocycles. The number of rotatable bonds is 5. The van der Waals surface area contributed by atoms with E-state index in [0.29, 0.717) is 11.3 Å². The molecule has 2 rings (SSSR count). The van der Waals surface area contributed by atoms with Crippen molar-refractivity contribution in [2.24, 2.45) is 0 Å². The summed E-state index contributed by atoms with van der Waals surface area (Å²) < 4.78 is 32.6. The Morgan fingerprint density at radius 3 is 2.33 bits per heavy atom. The summed E-state index contributed by atoms with van der Waals surface area (Å²) in [6.07, 6.45) is -0.330. The van der Waals surface area contributed by atoms with Crippen molar-refractivity contribution in [2.45, 2.75) is 26.4 Å². The second-order valence-corrected chi connectivity index (χ2v) is 4.99. The third kappa shape index (κ3) is 3.88. The molecule has 0 saturated heterocycles. The fourth-order valence-electron chi connectivity index (χ4n) is 1.98. The predicted molar refractivity (Wildman–Crippen MR) is 76.6 cm³/mol. The zero-order valence-electron chi connectivity index (χ0n) is 11.9. The van der Waals surface area contributed by atoms with Gasteiger partial charge in [0.15, 0.2) is 5.78 Å². The molecule has 0 fully saturated rings. The molecule has 2 aromatic carbocycles. The van der Waals surface area contributed by atoms with Gasteiger partial charge in [-0.1, -0.05) is 18.2 Å². The average molecular weight is 290 g/mol. The highest BCUT2D eigenvalue weighted by molar-refractivity contribution is 5.97. The Bertz CT molecular complexity index is 631. The summed E-state index contributed by atoms with van der Waals surface area (Å²) in [5, 5.41) is 0. The zero-order valence-corrected chi connectivity index (χ0v) is 11.9. The minimum Gasteiger partial charge on any atom is -0.491 e. The van der Waals surface area contributed by atoms with E-state index in [1.54, 1.807) is 24.3 Å². The van der Waals surface area contributed by atoms with E-state index >= 15 is 0 Å². The first-order chi connectivity index (χ1) is 9.97. The number of carbonyl (C=O) groups excluding carboxylic acids is 1. The van der Waals surface area contributed by atoms with Gasteiger partial charge in [-0.2, -0.15) is 0 Å². The highest BCUT2D eigenvalue weighted by Crippen LogP contribution is 2.19. The van der Waals surface area contributed by atoms with Crippen molar-refractivity contribution in [1.29, 1.82) is 0 Å². The average Bonchev–Trinajstić information content (AvgIpc) is 2.42. The largest absolute Gasteiger partial charge is 0.491 e. The molecule has 0 radical (unpaired) electrons. The molecule has 0 aliphatic carbocycles. The number of Topliss-reactive ketones (excluding diaryl/α,β-unsaturated/α-hetero) is 1. The van der Waals surface area contributed by atoms with Gasteiger partial charge >= 0.3 is 0 Å². The number of hydrogen-bond donors (Lipinski definition) is 0. The summed E-state index contributed by atoms with van der Waals surface area (Å²) in [6.45, 7) is 3.76. The number of hydrogen-bond acceptors (Lipinski definition) is 2. The number of ketones is 1. The van der Waals surface area contributed by atoms with Crippen LogP contribution in [-0.2, 0) is 6.42 Å². The Kier molecular flexibility index (Phi) is 4.68. The van der Waals surface area contributed by atoms with Crippen molar-refractivity contribution in [3.8, 4) is 5.75 Å². The van der Waals surface area contributed by atoms with E-state index in [1.807, 2.05) is 13.8 Å². The van der Waals surface area contributed by atoms with Crippen molar-refractivity contribution >= 4 is 5.78 Å². The third-order valence-corrected chi connectivity index (χ3v) is 2.93. The first-order valence-corrected chi connectivity index (χ1v) is 6.70. The Labute approximate surface area is 122 Å². The van der Waals surface area contributed by atoms with Crippen LogP contribution in [0.4, 0.5) is 8.78 Å². The molecule has 0 aliphatic rings. The van der Waals surface area contributed by atoms with Gasteiger partial charge in [-0.15, -0.1) is 0 Å². The molecule has 2 aromatic rings. The maximum atomic E-state index is 13.6. The summed E-state index contributed by atoms with van der Waals surface area (Å²) in [5.41, 5.74) is 0.161. The van der Waals surface area contributed by atoms with Gasteiger partial charge in [0.1, 0.15) is 17.4 Å². The number of ether oxygens (including phenoxy) is 1. The van der Waals surface area contributed by atoms with E-state index in [2.05, 4.69) is 0 Å². The molecule has 0 unspecified atom stereocenters. The SMILES string of the molecule is CC(C)Oc1cccc(C(=O)Cc2c(F)cccc2F)c1. The molecule has 2 nitrogen and oxygen atoms in total. The van der Waals surface area contributed by atoms with Gasteiger partial charge in [0.25, 0.3) is 0 Å². The van der Waals surface area contributed by atoms with E-state index in [0.717, 1.165) is 12.1 Å². The molecule has 0 bridgehead atoms. The van der Waals surface area contributed by atoms with Gasteiger partial charge in [0, 0.05) is 17.5 Å². The second-order valence-electron chi connectivity index (χ2n) is 4.99. The van der Waals surface area contributed by atoms with E-state index in [-0.39, 0.29) is 23.9 Å². The lowest BCUT2D eigenvalue weighted by Crippen LogP contribution is -2.09. The van der Waals surface area contributed by atoms with E-state index in [4.69, 9.17) is 4.74 Å². The maximum absolute atomic E-state index is 13.6. The van der Waals surface area contributed by atoms with Crippen molar-refractivity contribution in [2.75, 3.05) is 0 Å². The van der Waals surface area contributed by atoms with Gasteiger partial charge in [-0.3, -0.25) is 4.79 Å². The van der Waals surface area contributed by atoms with Crippen LogP contribution in [0.15, 0.2) is 42.5 Å². The smallest absolute Gasteiger partial charge is 0.167 e. The minimum atomic E-state index is -0.710. The molecule has 21 heavy (non-hydrogen) atoms. The first kappa shape index (κ1) is 15.2. The molecule has 0 spiro atoms. The Morgan fingerprint density at radius 1 is 1.10 bits per heavy atom. The number of carbonyl (C=O) groups is 1. The highest BCUT2D eigenvalue weighted by atomic mass is 19.1. The lowest BCUT2D eigenvalue weighted by atomic mass is 10.0. The molecular weight excluding hydrogens is 274 g/mol. The highest BCUT2D eigenvalue weighted by Gasteiger charge is 2.15. The lowest BCUT2D eigenvalue weighted by Gasteiger charge is -2.10. The lowest BCUT2D eigenvalue weighted by molar-refractivity contribution is 0.0989. The molecule has 0 amide bonds. The molecular formula is C17H16F2O2. The standard InChI is InChI=1S/C17H16F2O2/c1-11(2)21-13-6-3-5-12(9-13)17(20)10-14-15(18)7-4-8-16(14)19/h3-9,11H,10H2,1-2H3. The van der Waals surface area contributed by atoms with E-state index < -0.39 is 11.6 Å². The molecule has 4 heteroatoms. The Balaban J connectivity index is 2.21. The first-order valence-electron chi connectivity index (χ1n) is 6.70.